The van der Waals surface area contributed by atoms with Crippen molar-refractivity contribution >= 4 is 41.5 Å². The first kappa shape index (κ1) is 19.4. The molecule has 1 fully saturated rings. The molecule has 124 valence electrons. The summed E-state index contributed by atoms with van der Waals surface area (Å²) >= 11 is 11.9. The Morgan fingerprint density at radius 2 is 1.91 bits per heavy atom. The number of hydrogen-bond donors (Lipinski definition) is 2. The van der Waals surface area contributed by atoms with E-state index in [9.17, 15) is 4.79 Å². The van der Waals surface area contributed by atoms with Crippen LogP contribution in [0.4, 0.5) is 0 Å². The fraction of sp³-hybridized carbons (Fsp3) is 0.533. The Labute approximate surface area is 147 Å². The van der Waals surface area contributed by atoms with Gasteiger partial charge in [-0.1, -0.05) is 30.1 Å². The molecule has 0 bridgehead atoms. The lowest BCUT2D eigenvalue weighted by Gasteiger charge is -2.34. The Hall–Kier alpha value is -0.680. The molecule has 1 aromatic rings. The van der Waals surface area contributed by atoms with E-state index in [1.807, 2.05) is 0 Å². The van der Waals surface area contributed by atoms with Crippen LogP contribution in [0.15, 0.2) is 12.1 Å². The van der Waals surface area contributed by atoms with Gasteiger partial charge in [0.05, 0.1) is 22.7 Å². The van der Waals surface area contributed by atoms with E-state index in [-0.39, 0.29) is 23.7 Å². The van der Waals surface area contributed by atoms with E-state index in [0.29, 0.717) is 27.9 Å². The van der Waals surface area contributed by atoms with Crippen LogP contribution in [0.25, 0.3) is 0 Å². The summed E-state index contributed by atoms with van der Waals surface area (Å²) in [5.41, 5.74) is 0.536. The Morgan fingerprint density at radius 3 is 2.50 bits per heavy atom. The quantitative estimate of drug-likeness (QED) is 0.856. The fourth-order valence-electron chi connectivity index (χ4n) is 2.47. The highest BCUT2D eigenvalue weighted by Gasteiger charge is 2.27. The number of benzene rings is 1. The number of rotatable bonds is 4. The maximum absolute atomic E-state index is 12.4. The molecule has 2 N–H and O–H groups in total. The molecular weight excluding hydrogens is 347 g/mol. The fourth-order valence-corrected chi connectivity index (χ4v) is 2.79. The number of carbonyl (C=O) groups excluding carboxylic acids is 1. The predicted molar refractivity (Wildman–Crippen MR) is 92.8 cm³/mol. The van der Waals surface area contributed by atoms with Crippen molar-refractivity contribution in [3.63, 3.8) is 0 Å². The summed E-state index contributed by atoms with van der Waals surface area (Å²) in [4.78, 5) is 12.4. The summed E-state index contributed by atoms with van der Waals surface area (Å²) in [6.07, 6.45) is 2.09. The van der Waals surface area contributed by atoms with Gasteiger partial charge < -0.3 is 15.4 Å². The number of carbonyl (C=O) groups is 1. The number of piperidine rings is 1. The molecule has 2 rings (SSSR count). The molecule has 0 saturated carbocycles. The van der Waals surface area contributed by atoms with Crippen molar-refractivity contribution in [2.75, 3.05) is 26.7 Å². The van der Waals surface area contributed by atoms with Crippen LogP contribution in [0, 0.1) is 5.41 Å². The van der Waals surface area contributed by atoms with Gasteiger partial charge in [0.15, 0.2) is 0 Å². The van der Waals surface area contributed by atoms with Crippen LogP contribution < -0.4 is 15.4 Å². The predicted octanol–water partition coefficient (Wildman–Crippen LogP) is 3.54. The van der Waals surface area contributed by atoms with Crippen LogP contribution in [0.2, 0.25) is 10.0 Å². The van der Waals surface area contributed by atoms with Crippen molar-refractivity contribution in [3.8, 4) is 5.75 Å². The van der Waals surface area contributed by atoms with Crippen LogP contribution >= 0.6 is 35.6 Å². The highest BCUT2D eigenvalue weighted by atomic mass is 35.5. The van der Waals surface area contributed by atoms with Gasteiger partial charge in [0.2, 0.25) is 0 Å². The van der Waals surface area contributed by atoms with Gasteiger partial charge in [0.1, 0.15) is 5.75 Å². The molecule has 22 heavy (non-hydrogen) atoms. The molecule has 1 heterocycles. The largest absolute Gasteiger partial charge is 0.496 e. The lowest BCUT2D eigenvalue weighted by Crippen LogP contribution is -2.42. The first-order valence-electron chi connectivity index (χ1n) is 6.97. The first-order chi connectivity index (χ1) is 9.95. The topological polar surface area (TPSA) is 50.4 Å². The number of amides is 1. The van der Waals surface area contributed by atoms with Crippen LogP contribution in [-0.2, 0) is 0 Å². The van der Waals surface area contributed by atoms with Gasteiger partial charge in [-0.2, -0.15) is 0 Å². The van der Waals surface area contributed by atoms with Crippen LogP contribution in [0.5, 0.6) is 5.75 Å². The molecule has 1 saturated heterocycles. The second-order valence-electron chi connectivity index (χ2n) is 5.71. The van der Waals surface area contributed by atoms with E-state index in [0.717, 1.165) is 25.9 Å². The summed E-state index contributed by atoms with van der Waals surface area (Å²) in [5.74, 6) is 0.238. The molecule has 1 aromatic carbocycles. The third kappa shape index (κ3) is 4.66. The highest BCUT2D eigenvalue weighted by Crippen LogP contribution is 2.31. The van der Waals surface area contributed by atoms with Crippen molar-refractivity contribution in [3.05, 3.63) is 27.7 Å². The minimum atomic E-state index is -0.190. The van der Waals surface area contributed by atoms with E-state index in [1.54, 1.807) is 12.1 Å². The first-order valence-corrected chi connectivity index (χ1v) is 7.73. The van der Waals surface area contributed by atoms with E-state index >= 15 is 0 Å². The van der Waals surface area contributed by atoms with Gasteiger partial charge in [0, 0.05) is 12.6 Å². The van der Waals surface area contributed by atoms with Crippen LogP contribution in [0.3, 0.4) is 0 Å². The van der Waals surface area contributed by atoms with Gasteiger partial charge in [-0.3, -0.25) is 4.79 Å². The molecule has 1 amide bonds. The summed E-state index contributed by atoms with van der Waals surface area (Å²) in [6.45, 7) is 4.81. The van der Waals surface area contributed by atoms with E-state index in [2.05, 4.69) is 17.6 Å². The smallest absolute Gasteiger partial charge is 0.255 e. The average Bonchev–Trinajstić information content (AvgIpc) is 2.48. The molecule has 4 nitrogen and oxygen atoms in total. The van der Waals surface area contributed by atoms with Crippen molar-refractivity contribution in [2.45, 2.75) is 19.8 Å². The molecule has 0 radical (unpaired) electrons. The molecule has 7 heteroatoms. The maximum atomic E-state index is 12.4. The number of hydrogen-bond acceptors (Lipinski definition) is 3. The van der Waals surface area contributed by atoms with E-state index in [1.165, 1.54) is 7.11 Å². The number of ether oxygens (including phenoxy) is 1. The summed E-state index contributed by atoms with van der Waals surface area (Å²) in [7, 11) is 1.50. The second kappa shape index (κ2) is 8.25. The molecule has 0 atom stereocenters. The van der Waals surface area contributed by atoms with Crippen LogP contribution in [0.1, 0.15) is 30.1 Å². The Bertz CT molecular complexity index is 532. The second-order valence-corrected chi connectivity index (χ2v) is 6.52. The summed E-state index contributed by atoms with van der Waals surface area (Å²) < 4.78 is 5.21. The van der Waals surface area contributed by atoms with Gasteiger partial charge in [-0.15, -0.1) is 12.4 Å². The third-order valence-corrected chi connectivity index (χ3v) is 4.70. The molecule has 1 aliphatic rings. The standard InChI is InChI=1S/C15H20Cl2N2O2.ClH/c1-15(3-5-18-6-4-15)9-19-14(20)10-7-11(16)12(17)8-13(10)21-2;/h7-8,18H,3-6,9H2,1-2H3,(H,19,20);1H. The number of methoxy groups -OCH3 is 1. The summed E-state index contributed by atoms with van der Waals surface area (Å²) in [6, 6.07) is 3.11. The molecule has 0 spiro atoms. The third-order valence-electron chi connectivity index (χ3n) is 3.97. The number of nitrogens with one attached hydrogen (secondary N) is 2. The zero-order chi connectivity index (χ0) is 15.5. The molecule has 0 aliphatic carbocycles. The molecular formula is C15H21Cl3N2O2. The number of halogens is 3. The molecule has 1 aliphatic heterocycles. The zero-order valence-corrected chi connectivity index (χ0v) is 15.0. The lowest BCUT2D eigenvalue weighted by molar-refractivity contribution is 0.0919. The molecule has 0 aromatic heterocycles. The normalized spacial score (nSPS) is 16.5. The summed E-state index contributed by atoms with van der Waals surface area (Å²) in [5, 5.41) is 7.02. The van der Waals surface area contributed by atoms with Gasteiger partial charge >= 0.3 is 0 Å². The average molecular weight is 368 g/mol. The van der Waals surface area contributed by atoms with Gasteiger partial charge in [-0.25, -0.2) is 0 Å². The Kier molecular flexibility index (Phi) is 7.26. The molecule has 0 unspecified atom stereocenters. The van der Waals surface area contributed by atoms with Gasteiger partial charge in [0.25, 0.3) is 5.91 Å². The highest BCUT2D eigenvalue weighted by molar-refractivity contribution is 6.42. The zero-order valence-electron chi connectivity index (χ0n) is 12.7. The Balaban J connectivity index is 0.00000242. The van der Waals surface area contributed by atoms with Crippen LogP contribution in [-0.4, -0.2) is 32.7 Å². The van der Waals surface area contributed by atoms with Crippen molar-refractivity contribution < 1.29 is 9.53 Å². The minimum absolute atomic E-state index is 0. The van der Waals surface area contributed by atoms with Crippen molar-refractivity contribution in [2.24, 2.45) is 5.41 Å². The van der Waals surface area contributed by atoms with Crippen molar-refractivity contribution in [1.82, 2.24) is 10.6 Å². The van der Waals surface area contributed by atoms with Gasteiger partial charge in [-0.05, 0) is 37.4 Å². The maximum Gasteiger partial charge on any atom is 0.255 e. The van der Waals surface area contributed by atoms with E-state index < -0.39 is 0 Å². The minimum Gasteiger partial charge on any atom is -0.496 e. The van der Waals surface area contributed by atoms with Crippen molar-refractivity contribution in [1.29, 1.82) is 0 Å². The lowest BCUT2D eigenvalue weighted by atomic mass is 9.81. The van der Waals surface area contributed by atoms with E-state index in [4.69, 9.17) is 27.9 Å². The Morgan fingerprint density at radius 1 is 1.32 bits per heavy atom. The monoisotopic (exact) mass is 366 g/mol. The SMILES string of the molecule is COc1cc(Cl)c(Cl)cc1C(=O)NCC1(C)CCNCC1.Cl.